The van der Waals surface area contributed by atoms with E-state index in [1.165, 1.54) is 0 Å². The molecule has 0 aromatic heterocycles. The van der Waals surface area contributed by atoms with E-state index >= 15 is 0 Å². The van der Waals surface area contributed by atoms with E-state index in [0.717, 1.165) is 24.2 Å². The molecule has 0 heterocycles. The Hall–Kier alpha value is -1.55. The topological polar surface area (TPSA) is 55.6 Å². The van der Waals surface area contributed by atoms with Crippen LogP contribution in [0.4, 0.5) is 0 Å². The van der Waals surface area contributed by atoms with Gasteiger partial charge in [-0.05, 0) is 37.1 Å². The molecule has 1 amide bonds. The maximum Gasteiger partial charge on any atom is 0.225 e. The molecule has 0 aliphatic heterocycles. The Bertz CT molecular complexity index is 390. The highest BCUT2D eigenvalue weighted by molar-refractivity contribution is 5.78. The number of methoxy groups -OCH3 is 1. The van der Waals surface area contributed by atoms with E-state index in [0.29, 0.717) is 13.1 Å². The van der Waals surface area contributed by atoms with Crippen LogP contribution in [0.2, 0.25) is 0 Å². The minimum atomic E-state index is 0.0341. The van der Waals surface area contributed by atoms with Gasteiger partial charge in [-0.15, -0.1) is 0 Å². The van der Waals surface area contributed by atoms with Gasteiger partial charge in [0.2, 0.25) is 5.91 Å². The predicted octanol–water partition coefficient (Wildman–Crippen LogP) is 2.03. The van der Waals surface area contributed by atoms with Crippen molar-refractivity contribution in [1.29, 1.82) is 0 Å². The number of nitrogens with two attached hydrogens (primary N) is 1. The predicted molar refractivity (Wildman–Crippen MR) is 76.9 cm³/mol. The average Bonchev–Trinajstić information content (AvgIpc) is 2.44. The number of hydrogen-bond acceptors (Lipinski definition) is 3. The summed E-state index contributed by atoms with van der Waals surface area (Å²) in [5.41, 5.74) is 6.57. The third-order valence-corrected chi connectivity index (χ3v) is 3.22. The molecule has 106 valence electrons. The fourth-order valence-corrected chi connectivity index (χ4v) is 2.01. The molecule has 1 aromatic rings. The number of rotatable bonds is 7. The third-order valence-electron chi connectivity index (χ3n) is 3.22. The van der Waals surface area contributed by atoms with Crippen molar-refractivity contribution in [3.63, 3.8) is 0 Å². The largest absolute Gasteiger partial charge is 0.497 e. The molecule has 0 spiro atoms. The Balaban J connectivity index is 2.52. The summed E-state index contributed by atoms with van der Waals surface area (Å²) >= 11 is 0. The zero-order valence-corrected chi connectivity index (χ0v) is 12.1. The first-order valence-electron chi connectivity index (χ1n) is 6.66. The Morgan fingerprint density at radius 1 is 1.37 bits per heavy atom. The number of nitrogens with zero attached hydrogens (tertiary/aromatic N) is 1. The molecule has 0 aliphatic carbocycles. The van der Waals surface area contributed by atoms with E-state index in [9.17, 15) is 4.79 Å². The van der Waals surface area contributed by atoms with Crippen molar-refractivity contribution in [3.05, 3.63) is 29.8 Å². The van der Waals surface area contributed by atoms with E-state index in [1.54, 1.807) is 12.0 Å². The third kappa shape index (κ3) is 4.91. The highest BCUT2D eigenvalue weighted by atomic mass is 16.5. The molecule has 0 bridgehead atoms. The van der Waals surface area contributed by atoms with Crippen LogP contribution in [0.5, 0.6) is 5.75 Å². The average molecular weight is 264 g/mol. The van der Waals surface area contributed by atoms with Gasteiger partial charge in [0, 0.05) is 19.5 Å². The first kappa shape index (κ1) is 15.5. The lowest BCUT2D eigenvalue weighted by Gasteiger charge is -2.21. The fraction of sp³-hybridized carbons (Fsp3) is 0.533. The standard InChI is InChI=1S/C15H24N2O2/c1-12(5-4-10-16)15(18)17(2)11-13-6-8-14(19-3)9-7-13/h6-9,12H,4-5,10-11,16H2,1-3H3. The summed E-state index contributed by atoms with van der Waals surface area (Å²) < 4.78 is 5.11. The van der Waals surface area contributed by atoms with Crippen molar-refractivity contribution in [2.45, 2.75) is 26.3 Å². The van der Waals surface area contributed by atoms with Crippen LogP contribution in [0.15, 0.2) is 24.3 Å². The molecule has 0 radical (unpaired) electrons. The van der Waals surface area contributed by atoms with Crippen LogP contribution in [0.3, 0.4) is 0 Å². The fourth-order valence-electron chi connectivity index (χ4n) is 2.01. The van der Waals surface area contributed by atoms with E-state index in [4.69, 9.17) is 10.5 Å². The van der Waals surface area contributed by atoms with E-state index in [-0.39, 0.29) is 11.8 Å². The Kier molecular flexibility index (Phi) is 6.36. The molecule has 1 rings (SSSR count). The van der Waals surface area contributed by atoms with Crippen LogP contribution >= 0.6 is 0 Å². The van der Waals surface area contributed by atoms with Crippen molar-refractivity contribution in [2.75, 3.05) is 20.7 Å². The molecule has 1 unspecified atom stereocenters. The normalized spacial score (nSPS) is 12.0. The van der Waals surface area contributed by atoms with Crippen molar-refractivity contribution in [1.82, 2.24) is 4.90 Å². The summed E-state index contributed by atoms with van der Waals surface area (Å²) in [5.74, 6) is 1.03. The van der Waals surface area contributed by atoms with Gasteiger partial charge in [-0.3, -0.25) is 4.79 Å². The highest BCUT2D eigenvalue weighted by Crippen LogP contribution is 2.14. The first-order valence-corrected chi connectivity index (χ1v) is 6.66. The van der Waals surface area contributed by atoms with Crippen molar-refractivity contribution >= 4 is 5.91 Å². The van der Waals surface area contributed by atoms with Gasteiger partial charge in [0.25, 0.3) is 0 Å². The van der Waals surface area contributed by atoms with Gasteiger partial charge >= 0.3 is 0 Å². The van der Waals surface area contributed by atoms with E-state index in [1.807, 2.05) is 38.2 Å². The van der Waals surface area contributed by atoms with Crippen LogP contribution in [-0.2, 0) is 11.3 Å². The molecule has 1 aromatic carbocycles. The van der Waals surface area contributed by atoms with Crippen LogP contribution in [0.25, 0.3) is 0 Å². The van der Waals surface area contributed by atoms with E-state index in [2.05, 4.69) is 0 Å². The molecule has 0 saturated carbocycles. The molecule has 0 aliphatic rings. The van der Waals surface area contributed by atoms with Gasteiger partial charge in [-0.2, -0.15) is 0 Å². The smallest absolute Gasteiger partial charge is 0.225 e. The number of hydrogen-bond donors (Lipinski definition) is 1. The van der Waals surface area contributed by atoms with Gasteiger partial charge < -0.3 is 15.4 Å². The molecule has 2 N–H and O–H groups in total. The molecule has 1 atom stereocenters. The summed E-state index contributed by atoms with van der Waals surface area (Å²) in [6, 6.07) is 7.78. The maximum absolute atomic E-state index is 12.1. The van der Waals surface area contributed by atoms with Crippen LogP contribution < -0.4 is 10.5 Å². The highest BCUT2D eigenvalue weighted by Gasteiger charge is 2.16. The molecule has 4 nitrogen and oxygen atoms in total. The minimum Gasteiger partial charge on any atom is -0.497 e. The van der Waals surface area contributed by atoms with Gasteiger partial charge in [0.15, 0.2) is 0 Å². The molecule has 0 fully saturated rings. The molecule has 0 saturated heterocycles. The summed E-state index contributed by atoms with van der Waals surface area (Å²) in [6.07, 6.45) is 1.74. The SMILES string of the molecule is COc1ccc(CN(C)C(=O)C(C)CCCN)cc1. The van der Waals surface area contributed by atoms with Gasteiger partial charge in [-0.1, -0.05) is 19.1 Å². The van der Waals surface area contributed by atoms with E-state index < -0.39 is 0 Å². The van der Waals surface area contributed by atoms with Gasteiger partial charge in [0.1, 0.15) is 5.75 Å². The van der Waals surface area contributed by atoms with Crippen molar-refractivity contribution in [3.8, 4) is 5.75 Å². The Labute approximate surface area is 115 Å². The number of carbonyl (C=O) groups is 1. The number of ether oxygens (including phenoxy) is 1. The zero-order chi connectivity index (χ0) is 14.3. The Morgan fingerprint density at radius 2 is 2.00 bits per heavy atom. The summed E-state index contributed by atoms with van der Waals surface area (Å²) in [6.45, 7) is 3.22. The monoisotopic (exact) mass is 264 g/mol. The van der Waals surface area contributed by atoms with Gasteiger partial charge in [0.05, 0.1) is 7.11 Å². The minimum absolute atomic E-state index is 0.0341. The lowest BCUT2D eigenvalue weighted by Crippen LogP contribution is -2.31. The Morgan fingerprint density at radius 3 is 2.53 bits per heavy atom. The molecule has 19 heavy (non-hydrogen) atoms. The van der Waals surface area contributed by atoms with Crippen molar-refractivity contribution < 1.29 is 9.53 Å². The summed E-state index contributed by atoms with van der Waals surface area (Å²) in [4.78, 5) is 13.9. The molecule has 4 heteroatoms. The van der Waals surface area contributed by atoms with Gasteiger partial charge in [-0.25, -0.2) is 0 Å². The first-order chi connectivity index (χ1) is 9.08. The molecular weight excluding hydrogens is 240 g/mol. The second kappa shape index (κ2) is 7.79. The van der Waals surface area contributed by atoms with Crippen LogP contribution in [0, 0.1) is 5.92 Å². The summed E-state index contributed by atoms with van der Waals surface area (Å²) in [5, 5.41) is 0. The maximum atomic E-state index is 12.1. The van der Waals surface area contributed by atoms with Crippen LogP contribution in [-0.4, -0.2) is 31.5 Å². The quantitative estimate of drug-likeness (QED) is 0.820. The second-order valence-corrected chi connectivity index (χ2v) is 4.87. The molecular formula is C15H24N2O2. The number of benzene rings is 1. The number of amides is 1. The zero-order valence-electron chi connectivity index (χ0n) is 12.1. The summed E-state index contributed by atoms with van der Waals surface area (Å²) in [7, 11) is 3.48. The van der Waals surface area contributed by atoms with Crippen LogP contribution in [0.1, 0.15) is 25.3 Å². The van der Waals surface area contributed by atoms with Crippen molar-refractivity contribution in [2.24, 2.45) is 11.7 Å². The second-order valence-electron chi connectivity index (χ2n) is 4.87. The lowest BCUT2D eigenvalue weighted by atomic mass is 10.0. The number of carbonyl (C=O) groups excluding carboxylic acids is 1. The lowest BCUT2D eigenvalue weighted by molar-refractivity contribution is -0.134.